The van der Waals surface area contributed by atoms with E-state index in [9.17, 15) is 33.3 Å². The number of ether oxygens (including phenoxy) is 3. The van der Waals surface area contributed by atoms with Crippen molar-refractivity contribution in [3.63, 3.8) is 0 Å². The number of carbonyl (C=O) groups excluding carboxylic acids is 3. The Morgan fingerprint density at radius 3 is 1.90 bits per heavy atom. The van der Waals surface area contributed by atoms with E-state index in [0.717, 1.165) is 31.3 Å². The number of nitro groups is 1. The Morgan fingerprint density at radius 2 is 1.55 bits per heavy atom. The zero-order chi connectivity index (χ0) is 24.1. The molecule has 31 heavy (non-hydrogen) atoms. The van der Waals surface area contributed by atoms with Gasteiger partial charge in [-0.1, -0.05) is 0 Å². The minimum Gasteiger partial charge on any atom is -0.468 e. The highest BCUT2D eigenvalue weighted by Gasteiger charge is 2.43. The molecule has 1 rings (SSSR count). The summed E-state index contributed by atoms with van der Waals surface area (Å²) in [4.78, 5) is 47.3. The molecule has 1 aromatic carbocycles. The molecule has 1 atom stereocenters. The van der Waals surface area contributed by atoms with E-state index in [1.165, 1.54) is 7.05 Å². The zero-order valence-corrected chi connectivity index (χ0v) is 17.9. The highest BCUT2D eigenvalue weighted by Crippen LogP contribution is 2.34. The third-order valence-corrected chi connectivity index (χ3v) is 4.15. The number of benzene rings is 1. The van der Waals surface area contributed by atoms with Crippen molar-refractivity contribution in [3.05, 3.63) is 39.4 Å². The second-order valence-electron chi connectivity index (χ2n) is 7.51. The molecule has 0 heterocycles. The molecule has 0 aliphatic rings. The van der Waals surface area contributed by atoms with Gasteiger partial charge in [0, 0.05) is 17.5 Å². The van der Waals surface area contributed by atoms with Crippen molar-refractivity contribution in [1.82, 2.24) is 0 Å². The fourth-order valence-electron chi connectivity index (χ4n) is 2.76. The van der Waals surface area contributed by atoms with E-state index in [1.54, 1.807) is 20.8 Å². The van der Waals surface area contributed by atoms with Crippen molar-refractivity contribution in [2.75, 3.05) is 32.7 Å². The number of hydrogen-bond acceptors (Lipinski definition) is 8. The summed E-state index contributed by atoms with van der Waals surface area (Å²) in [5.74, 6) is -8.99. The third-order valence-electron chi connectivity index (χ3n) is 4.15. The number of halogens is 2. The first-order chi connectivity index (χ1) is 14.2. The van der Waals surface area contributed by atoms with Crippen LogP contribution in [0.15, 0.2) is 12.1 Å². The SMILES string of the molecule is COC(=O)C(C(=O)OC)C(C[N+](=O)[O-])c1c(F)cc(N(C)C(=O)OC(C)(C)C)cc1F. The van der Waals surface area contributed by atoms with Crippen LogP contribution in [0, 0.1) is 27.7 Å². The van der Waals surface area contributed by atoms with Gasteiger partial charge in [-0.25, -0.2) is 13.6 Å². The molecule has 0 aliphatic heterocycles. The first kappa shape index (κ1) is 25.7. The number of methoxy groups -OCH3 is 2. The number of carbonyl (C=O) groups is 3. The zero-order valence-electron chi connectivity index (χ0n) is 17.9. The molecular formula is C19H24F2N2O8. The highest BCUT2D eigenvalue weighted by molar-refractivity contribution is 5.96. The lowest BCUT2D eigenvalue weighted by Gasteiger charge is -2.26. The molecule has 0 fully saturated rings. The molecule has 0 N–H and O–H groups in total. The largest absolute Gasteiger partial charge is 0.468 e. The first-order valence-electron chi connectivity index (χ1n) is 8.96. The van der Waals surface area contributed by atoms with Gasteiger partial charge in [0.25, 0.3) is 0 Å². The summed E-state index contributed by atoms with van der Waals surface area (Å²) in [5, 5.41) is 11.1. The van der Waals surface area contributed by atoms with Crippen LogP contribution in [0.5, 0.6) is 0 Å². The maximum absolute atomic E-state index is 14.9. The van der Waals surface area contributed by atoms with E-state index in [1.807, 2.05) is 0 Å². The Kier molecular flexibility index (Phi) is 8.41. The lowest BCUT2D eigenvalue weighted by molar-refractivity contribution is -0.484. The Labute approximate surface area is 177 Å². The van der Waals surface area contributed by atoms with Crippen LogP contribution in [0.4, 0.5) is 19.3 Å². The summed E-state index contributed by atoms with van der Waals surface area (Å²) in [6.07, 6.45) is -0.900. The molecule has 1 unspecified atom stereocenters. The van der Waals surface area contributed by atoms with Crippen LogP contribution in [0.1, 0.15) is 32.3 Å². The molecule has 10 nitrogen and oxygen atoms in total. The Bertz CT molecular complexity index is 830. The van der Waals surface area contributed by atoms with E-state index < -0.39 is 64.1 Å². The van der Waals surface area contributed by atoms with Gasteiger partial charge in [-0.3, -0.25) is 24.6 Å². The minimum absolute atomic E-state index is 0.250. The van der Waals surface area contributed by atoms with Gasteiger partial charge in [0.15, 0.2) is 5.92 Å². The molecule has 1 amide bonds. The molecule has 12 heteroatoms. The Hall–Kier alpha value is -3.31. The van der Waals surface area contributed by atoms with Crippen LogP contribution in [-0.2, 0) is 23.8 Å². The van der Waals surface area contributed by atoms with Gasteiger partial charge in [0.1, 0.15) is 17.2 Å². The minimum atomic E-state index is -1.99. The monoisotopic (exact) mass is 446 g/mol. The average Bonchev–Trinajstić information content (AvgIpc) is 2.64. The molecule has 0 radical (unpaired) electrons. The van der Waals surface area contributed by atoms with Gasteiger partial charge in [0.05, 0.1) is 25.8 Å². The van der Waals surface area contributed by atoms with E-state index in [4.69, 9.17) is 4.74 Å². The van der Waals surface area contributed by atoms with Crippen molar-refractivity contribution in [2.45, 2.75) is 32.3 Å². The van der Waals surface area contributed by atoms with Gasteiger partial charge in [-0.15, -0.1) is 0 Å². The quantitative estimate of drug-likeness (QED) is 0.206. The summed E-state index contributed by atoms with van der Waals surface area (Å²) in [5.41, 5.74) is -2.01. The molecule has 0 aromatic heterocycles. The fourth-order valence-corrected chi connectivity index (χ4v) is 2.76. The van der Waals surface area contributed by atoms with E-state index in [2.05, 4.69) is 9.47 Å². The Balaban J connectivity index is 3.51. The van der Waals surface area contributed by atoms with Gasteiger partial charge >= 0.3 is 18.0 Å². The number of amides is 1. The Morgan fingerprint density at radius 1 is 1.10 bits per heavy atom. The van der Waals surface area contributed by atoms with Crippen molar-refractivity contribution >= 4 is 23.7 Å². The van der Waals surface area contributed by atoms with Crippen molar-refractivity contribution in [1.29, 1.82) is 0 Å². The number of nitrogens with zero attached hydrogens (tertiary/aromatic N) is 2. The second kappa shape index (κ2) is 10.1. The molecule has 0 saturated heterocycles. The molecule has 1 aromatic rings. The van der Waals surface area contributed by atoms with E-state index >= 15 is 0 Å². The van der Waals surface area contributed by atoms with Gasteiger partial charge in [-0.2, -0.15) is 0 Å². The van der Waals surface area contributed by atoms with Gasteiger partial charge in [-0.05, 0) is 32.9 Å². The maximum atomic E-state index is 14.9. The van der Waals surface area contributed by atoms with Crippen molar-refractivity contribution < 1.29 is 42.3 Å². The summed E-state index contributed by atoms with van der Waals surface area (Å²) in [6.45, 7) is 3.64. The lowest BCUT2D eigenvalue weighted by atomic mass is 9.85. The topological polar surface area (TPSA) is 125 Å². The van der Waals surface area contributed by atoms with Gasteiger partial charge < -0.3 is 14.2 Å². The number of hydrogen-bond donors (Lipinski definition) is 0. The van der Waals surface area contributed by atoms with E-state index in [0.29, 0.717) is 0 Å². The van der Waals surface area contributed by atoms with Crippen LogP contribution >= 0.6 is 0 Å². The molecule has 0 bridgehead atoms. The standard InChI is InChI=1S/C19H24F2N2O8/c1-19(2,3)31-18(26)22(4)10-7-12(20)14(13(21)8-10)11(9-23(27)28)15(16(24)29-5)17(25)30-6/h7-8,11,15H,9H2,1-6H3. The summed E-state index contributed by atoms with van der Waals surface area (Å²) in [6, 6.07) is 1.47. The third kappa shape index (κ3) is 6.59. The highest BCUT2D eigenvalue weighted by atomic mass is 19.1. The van der Waals surface area contributed by atoms with E-state index in [-0.39, 0.29) is 5.69 Å². The second-order valence-corrected chi connectivity index (χ2v) is 7.51. The summed E-state index contributed by atoms with van der Waals surface area (Å²) >= 11 is 0. The predicted molar refractivity (Wildman–Crippen MR) is 103 cm³/mol. The average molecular weight is 446 g/mol. The number of esters is 2. The molecular weight excluding hydrogens is 422 g/mol. The summed E-state index contributed by atoms with van der Waals surface area (Å²) in [7, 11) is 3.03. The van der Waals surface area contributed by atoms with Crippen LogP contribution < -0.4 is 4.90 Å². The number of anilines is 1. The van der Waals surface area contributed by atoms with Gasteiger partial charge in [0.2, 0.25) is 6.54 Å². The first-order valence-corrected chi connectivity index (χ1v) is 8.96. The van der Waals surface area contributed by atoms with Crippen molar-refractivity contribution in [3.8, 4) is 0 Å². The molecule has 0 spiro atoms. The lowest BCUT2D eigenvalue weighted by Crippen LogP contribution is -2.37. The van der Waals surface area contributed by atoms with Crippen molar-refractivity contribution in [2.24, 2.45) is 5.92 Å². The van der Waals surface area contributed by atoms with Crippen LogP contribution in [0.25, 0.3) is 0 Å². The van der Waals surface area contributed by atoms with Crippen LogP contribution in [0.3, 0.4) is 0 Å². The molecule has 172 valence electrons. The van der Waals surface area contributed by atoms with Crippen LogP contribution in [-0.4, -0.2) is 56.4 Å². The molecule has 0 aliphatic carbocycles. The smallest absolute Gasteiger partial charge is 0.414 e. The summed E-state index contributed by atoms with van der Waals surface area (Å²) < 4.78 is 43.9. The normalized spacial score (nSPS) is 12.2. The van der Waals surface area contributed by atoms with Crippen LogP contribution in [0.2, 0.25) is 0 Å². The maximum Gasteiger partial charge on any atom is 0.414 e. The fraction of sp³-hybridized carbons (Fsp3) is 0.526. The molecule has 0 saturated carbocycles. The number of rotatable bonds is 7. The predicted octanol–water partition coefficient (Wildman–Crippen LogP) is 2.66.